The lowest BCUT2D eigenvalue weighted by atomic mass is 10.1. The number of amides is 2. The van der Waals surface area contributed by atoms with E-state index in [9.17, 15) is 14.7 Å². The third-order valence-electron chi connectivity index (χ3n) is 3.59. The normalized spacial score (nSPS) is 14.7. The second kappa shape index (κ2) is 6.81. The molecule has 2 aromatic carbocycles. The van der Waals surface area contributed by atoms with Crippen molar-refractivity contribution in [2.24, 2.45) is 0 Å². The number of imide groups is 1. The van der Waals surface area contributed by atoms with Gasteiger partial charge in [0.2, 0.25) is 0 Å². The van der Waals surface area contributed by atoms with Gasteiger partial charge in [-0.25, -0.2) is 0 Å². The Labute approximate surface area is 148 Å². The molecule has 1 atom stereocenters. The number of benzene rings is 2. The Hall–Kier alpha value is -2.08. The van der Waals surface area contributed by atoms with Gasteiger partial charge in [-0.1, -0.05) is 41.4 Å². The molecule has 1 aliphatic rings. The van der Waals surface area contributed by atoms with Crippen LogP contribution >= 0.6 is 23.2 Å². The highest BCUT2D eigenvalue weighted by atomic mass is 35.5. The number of aliphatic hydroxyl groups is 1. The Morgan fingerprint density at radius 1 is 1.00 bits per heavy atom. The van der Waals surface area contributed by atoms with Gasteiger partial charge < -0.3 is 9.84 Å². The fourth-order valence-corrected chi connectivity index (χ4v) is 2.75. The second-order valence-electron chi connectivity index (χ2n) is 5.31. The molecule has 0 saturated heterocycles. The predicted octanol–water partition coefficient (Wildman–Crippen LogP) is 3.03. The lowest BCUT2D eigenvalue weighted by Gasteiger charge is -2.18. The minimum Gasteiger partial charge on any atom is -0.491 e. The number of nitrogens with zero attached hydrogens (tertiary/aromatic N) is 1. The summed E-state index contributed by atoms with van der Waals surface area (Å²) in [4.78, 5) is 25.6. The summed E-state index contributed by atoms with van der Waals surface area (Å²) in [6, 6.07) is 11.7. The Morgan fingerprint density at radius 2 is 1.54 bits per heavy atom. The van der Waals surface area contributed by atoms with Crippen molar-refractivity contribution in [3.8, 4) is 5.75 Å². The molecule has 0 aromatic heterocycles. The molecule has 1 heterocycles. The number of hydrogen-bond acceptors (Lipinski definition) is 4. The maximum Gasteiger partial charge on any atom is 0.261 e. The minimum absolute atomic E-state index is 0.0427. The first kappa shape index (κ1) is 16.8. The van der Waals surface area contributed by atoms with E-state index in [1.54, 1.807) is 24.3 Å². The smallest absolute Gasteiger partial charge is 0.261 e. The lowest BCUT2D eigenvalue weighted by Crippen LogP contribution is -2.39. The van der Waals surface area contributed by atoms with Crippen LogP contribution in [0.5, 0.6) is 5.75 Å². The van der Waals surface area contributed by atoms with E-state index in [4.69, 9.17) is 27.9 Å². The van der Waals surface area contributed by atoms with Gasteiger partial charge in [-0.3, -0.25) is 14.5 Å². The van der Waals surface area contributed by atoms with E-state index >= 15 is 0 Å². The van der Waals surface area contributed by atoms with E-state index in [0.717, 1.165) is 4.90 Å². The van der Waals surface area contributed by atoms with Gasteiger partial charge in [0.05, 0.1) is 27.7 Å². The van der Waals surface area contributed by atoms with Crippen molar-refractivity contribution in [3.63, 3.8) is 0 Å². The number of hydrogen-bond donors (Lipinski definition) is 1. The molecule has 3 rings (SSSR count). The summed E-state index contributed by atoms with van der Waals surface area (Å²) in [6.07, 6.45) is -1.02. The van der Waals surface area contributed by atoms with E-state index in [-0.39, 0.29) is 34.3 Å². The van der Waals surface area contributed by atoms with E-state index in [1.807, 2.05) is 6.07 Å². The van der Waals surface area contributed by atoms with Crippen molar-refractivity contribution in [3.05, 3.63) is 63.6 Å². The average Bonchev–Trinajstić information content (AvgIpc) is 2.79. The van der Waals surface area contributed by atoms with Crippen LogP contribution in [0.3, 0.4) is 0 Å². The molecular weight excluding hydrogens is 353 g/mol. The standard InChI is InChI=1S/C17H13Cl2NO4/c18-14-6-12-13(7-15(14)19)17(23)20(16(12)22)8-10(21)9-24-11-4-2-1-3-5-11/h1-7,10,21H,8-9H2/t10-/m0/s1. The third kappa shape index (κ3) is 3.24. The topological polar surface area (TPSA) is 66.8 Å². The Kier molecular flexibility index (Phi) is 4.76. The number of β-amino-alcohol motifs (C(OH)–C–C–N with tert-alkyl or cyclic N) is 1. The molecular formula is C17H13Cl2NO4. The molecule has 24 heavy (non-hydrogen) atoms. The highest BCUT2D eigenvalue weighted by Crippen LogP contribution is 2.31. The van der Waals surface area contributed by atoms with Gasteiger partial charge in [0, 0.05) is 0 Å². The molecule has 124 valence electrons. The number of fused-ring (bicyclic) bond motifs is 1. The zero-order valence-corrected chi connectivity index (χ0v) is 13.9. The van der Waals surface area contributed by atoms with E-state index in [2.05, 4.69) is 0 Å². The van der Waals surface area contributed by atoms with E-state index < -0.39 is 17.9 Å². The Balaban J connectivity index is 1.67. The maximum atomic E-state index is 12.3. The summed E-state index contributed by atoms with van der Waals surface area (Å²) in [6.45, 7) is -0.215. The summed E-state index contributed by atoms with van der Waals surface area (Å²) < 4.78 is 5.42. The number of halogens is 2. The third-order valence-corrected chi connectivity index (χ3v) is 4.31. The Bertz CT molecular complexity index is 754. The monoisotopic (exact) mass is 365 g/mol. The predicted molar refractivity (Wildman–Crippen MR) is 89.8 cm³/mol. The first-order chi connectivity index (χ1) is 11.5. The van der Waals surface area contributed by atoms with Crippen LogP contribution in [-0.4, -0.2) is 41.1 Å². The van der Waals surface area contributed by atoms with Crippen LogP contribution in [0.25, 0.3) is 0 Å². The highest BCUT2D eigenvalue weighted by Gasteiger charge is 2.37. The van der Waals surface area contributed by atoms with Crippen LogP contribution in [0.1, 0.15) is 20.7 Å². The summed E-state index contributed by atoms with van der Waals surface area (Å²) in [7, 11) is 0. The van der Waals surface area contributed by atoms with Gasteiger partial charge >= 0.3 is 0 Å². The van der Waals surface area contributed by atoms with Gasteiger partial charge in [-0.15, -0.1) is 0 Å². The Morgan fingerprint density at radius 3 is 2.08 bits per heavy atom. The molecule has 2 aromatic rings. The molecule has 0 radical (unpaired) electrons. The SMILES string of the molecule is O=C1c2cc(Cl)c(Cl)cc2C(=O)N1C[C@H](O)COc1ccccc1. The number of rotatable bonds is 5. The van der Waals surface area contributed by atoms with E-state index in [0.29, 0.717) is 5.75 Å². The van der Waals surface area contributed by atoms with Gasteiger partial charge in [0.25, 0.3) is 11.8 Å². The van der Waals surface area contributed by atoms with Crippen LogP contribution < -0.4 is 4.74 Å². The fraction of sp³-hybridized carbons (Fsp3) is 0.176. The van der Waals surface area contributed by atoms with Crippen LogP contribution in [0.2, 0.25) is 10.0 Å². The molecule has 0 saturated carbocycles. The summed E-state index contributed by atoms with van der Waals surface area (Å²) >= 11 is 11.8. The molecule has 0 spiro atoms. The first-order valence-corrected chi connectivity index (χ1v) is 7.94. The average molecular weight is 366 g/mol. The maximum absolute atomic E-state index is 12.3. The highest BCUT2D eigenvalue weighted by molar-refractivity contribution is 6.43. The van der Waals surface area contributed by atoms with Crippen molar-refractivity contribution in [2.75, 3.05) is 13.2 Å². The second-order valence-corrected chi connectivity index (χ2v) is 6.13. The van der Waals surface area contributed by atoms with Crippen molar-refractivity contribution < 1.29 is 19.4 Å². The van der Waals surface area contributed by atoms with Gasteiger partial charge in [-0.05, 0) is 24.3 Å². The summed E-state index contributed by atoms with van der Waals surface area (Å²) in [5.74, 6) is -0.419. The minimum atomic E-state index is -1.02. The van der Waals surface area contributed by atoms with Crippen LogP contribution in [0.15, 0.2) is 42.5 Å². The summed E-state index contributed by atoms with van der Waals surface area (Å²) in [5, 5.41) is 10.5. The van der Waals surface area contributed by atoms with E-state index in [1.165, 1.54) is 12.1 Å². The molecule has 2 amide bonds. The van der Waals surface area contributed by atoms with Gasteiger partial charge in [-0.2, -0.15) is 0 Å². The lowest BCUT2D eigenvalue weighted by molar-refractivity contribution is 0.0457. The molecule has 5 nitrogen and oxygen atoms in total. The van der Waals surface area contributed by atoms with Crippen molar-refractivity contribution in [2.45, 2.75) is 6.10 Å². The molecule has 0 aliphatic carbocycles. The zero-order chi connectivity index (χ0) is 17.3. The number of para-hydroxylation sites is 1. The number of carbonyl (C=O) groups is 2. The number of ether oxygens (including phenoxy) is 1. The number of carbonyl (C=O) groups excluding carboxylic acids is 2. The van der Waals surface area contributed by atoms with Crippen LogP contribution in [-0.2, 0) is 0 Å². The molecule has 1 N–H and O–H groups in total. The molecule has 7 heteroatoms. The first-order valence-electron chi connectivity index (χ1n) is 7.18. The largest absolute Gasteiger partial charge is 0.491 e. The van der Waals surface area contributed by atoms with Crippen molar-refractivity contribution >= 4 is 35.0 Å². The van der Waals surface area contributed by atoms with Crippen molar-refractivity contribution in [1.82, 2.24) is 4.90 Å². The molecule has 1 aliphatic heterocycles. The molecule has 0 unspecified atom stereocenters. The number of aliphatic hydroxyl groups excluding tert-OH is 1. The van der Waals surface area contributed by atoms with Crippen LogP contribution in [0.4, 0.5) is 0 Å². The fourth-order valence-electron chi connectivity index (χ4n) is 2.42. The molecule has 0 bridgehead atoms. The quantitative estimate of drug-likeness (QED) is 0.827. The van der Waals surface area contributed by atoms with Crippen molar-refractivity contribution in [1.29, 1.82) is 0 Å². The van der Waals surface area contributed by atoms with Gasteiger partial charge in [0.15, 0.2) is 0 Å². The van der Waals surface area contributed by atoms with Crippen LogP contribution in [0, 0.1) is 0 Å². The zero-order valence-electron chi connectivity index (χ0n) is 12.4. The molecule has 0 fully saturated rings. The summed E-state index contributed by atoms with van der Waals surface area (Å²) in [5.41, 5.74) is 0.371. The van der Waals surface area contributed by atoms with Gasteiger partial charge in [0.1, 0.15) is 18.5 Å².